The SMILES string of the molecule is CCn1c(-c2cnccc2COC)c2c3cc(ccc31)-c1cc(O)cc(c1)C[C@H](NC(=O)C(=C(C)C)N(C)[N+](=O)[C@H]1CCN(C(=O)CN3CC[C@H](O)C3)C1)C(=O)N1CCC[C@H](N1)C(=O)OCC(C)(C)C2. The third-order valence-electron chi connectivity index (χ3n) is 14.0. The minimum atomic E-state index is -1.22. The summed E-state index contributed by atoms with van der Waals surface area (Å²) in [6, 6.07) is 10.6. The van der Waals surface area contributed by atoms with Gasteiger partial charge in [0.05, 0.1) is 50.1 Å². The number of cyclic esters (lactones) is 1. The van der Waals surface area contributed by atoms with E-state index in [1.807, 2.05) is 29.3 Å². The molecule has 0 saturated carbocycles. The van der Waals surface area contributed by atoms with Gasteiger partial charge in [0, 0.05) is 87.0 Å². The number of carbonyl (C=O) groups is 4. The highest BCUT2D eigenvalue weighted by molar-refractivity contribution is 5.97. The van der Waals surface area contributed by atoms with Gasteiger partial charge in [-0.15, -0.1) is 5.01 Å². The molecule has 0 radical (unpaired) electrons. The number of likely N-dealkylation sites (tertiary alicyclic amines) is 2. The van der Waals surface area contributed by atoms with Crippen molar-refractivity contribution in [2.45, 2.75) is 111 Å². The number of fused-ring (bicyclic) bond motifs is 6. The molecule has 18 heteroatoms. The van der Waals surface area contributed by atoms with Gasteiger partial charge >= 0.3 is 5.97 Å². The van der Waals surface area contributed by atoms with E-state index in [2.05, 4.69) is 53.2 Å². The van der Waals surface area contributed by atoms with Gasteiger partial charge in [-0.1, -0.05) is 26.0 Å². The number of nitrogens with zero attached hydrogens (tertiary/aromatic N) is 7. The van der Waals surface area contributed by atoms with Crippen molar-refractivity contribution in [2.24, 2.45) is 5.41 Å². The zero-order valence-corrected chi connectivity index (χ0v) is 41.5. The summed E-state index contributed by atoms with van der Waals surface area (Å²) >= 11 is 0. The highest BCUT2D eigenvalue weighted by atomic mass is 16.5. The molecule has 6 heterocycles. The molecule has 4 aliphatic heterocycles. The lowest BCUT2D eigenvalue weighted by Gasteiger charge is -2.35. The van der Waals surface area contributed by atoms with Gasteiger partial charge in [-0.05, 0) is 110 Å². The molecule has 4 atom stereocenters. The van der Waals surface area contributed by atoms with Crippen LogP contribution in [0.3, 0.4) is 0 Å². The second-order valence-electron chi connectivity index (χ2n) is 20.3. The lowest BCUT2D eigenvalue weighted by atomic mass is 9.84. The van der Waals surface area contributed by atoms with Crippen LogP contribution in [-0.2, 0) is 54.6 Å². The number of methoxy groups -OCH3 is 1. The first-order valence-corrected chi connectivity index (χ1v) is 24.5. The number of aliphatic hydroxyl groups is 1. The molecule has 2 aromatic carbocycles. The number of β-amino-alcohol motifs (C(OH)–C–C–N with tert-alkyl or cyclic N) is 1. The zero-order valence-electron chi connectivity index (χ0n) is 41.5. The van der Waals surface area contributed by atoms with Crippen molar-refractivity contribution in [1.29, 1.82) is 0 Å². The van der Waals surface area contributed by atoms with Gasteiger partial charge in [-0.2, -0.15) is 0 Å². The van der Waals surface area contributed by atoms with Gasteiger partial charge in [0.1, 0.15) is 22.7 Å². The molecule has 6 bridgehead atoms. The largest absolute Gasteiger partial charge is 0.508 e. The fourth-order valence-electron chi connectivity index (χ4n) is 10.6. The number of aryl methyl sites for hydroxylation is 1. The number of rotatable bonds is 11. The Balaban J connectivity index is 1.13. The van der Waals surface area contributed by atoms with Crippen molar-refractivity contribution in [1.82, 2.24) is 40.1 Å². The van der Waals surface area contributed by atoms with Gasteiger partial charge in [-0.25, -0.2) is 5.43 Å². The summed E-state index contributed by atoms with van der Waals surface area (Å²) in [7, 11) is 3.17. The second-order valence-corrected chi connectivity index (χ2v) is 20.3. The number of phenols is 1. The molecule has 0 spiro atoms. The predicted molar refractivity (Wildman–Crippen MR) is 262 cm³/mol. The first kappa shape index (κ1) is 50.2. The number of amides is 3. The van der Waals surface area contributed by atoms with E-state index in [0.717, 1.165) is 43.7 Å². The Morgan fingerprint density at radius 1 is 1.04 bits per heavy atom. The summed E-state index contributed by atoms with van der Waals surface area (Å²) in [4.78, 5) is 79.3. The van der Waals surface area contributed by atoms with Crippen LogP contribution >= 0.6 is 0 Å². The zero-order chi connectivity index (χ0) is 50.0. The number of nitrogens with one attached hydrogen (secondary N) is 2. The minimum absolute atomic E-state index is 0.0278. The van der Waals surface area contributed by atoms with Crippen LogP contribution in [0.5, 0.6) is 5.75 Å². The van der Waals surface area contributed by atoms with Gasteiger partial charge < -0.3 is 34.5 Å². The van der Waals surface area contributed by atoms with Gasteiger partial charge in [-0.3, -0.25) is 34.1 Å². The van der Waals surface area contributed by atoms with Crippen molar-refractivity contribution in [3.8, 4) is 28.1 Å². The number of hydrazine groups is 2. The average molecular weight is 963 g/mol. The van der Waals surface area contributed by atoms with Crippen molar-refractivity contribution < 1.29 is 43.7 Å². The molecular weight excluding hydrogens is 895 g/mol. The normalized spacial score (nSPS) is 21.9. The summed E-state index contributed by atoms with van der Waals surface area (Å²) in [6.07, 6.45) is 5.59. The van der Waals surface area contributed by atoms with E-state index in [4.69, 9.17) is 9.47 Å². The maximum absolute atomic E-state index is 14.8. The fourth-order valence-corrected chi connectivity index (χ4v) is 10.6. The van der Waals surface area contributed by atoms with Crippen LogP contribution in [0.25, 0.3) is 33.3 Å². The Morgan fingerprint density at radius 3 is 2.57 bits per heavy atom. The van der Waals surface area contributed by atoms with Crippen LogP contribution in [-0.4, -0.2) is 152 Å². The van der Waals surface area contributed by atoms with E-state index in [9.17, 15) is 34.3 Å². The van der Waals surface area contributed by atoms with Gasteiger partial charge in [0.15, 0.2) is 5.70 Å². The summed E-state index contributed by atoms with van der Waals surface area (Å²) in [6.45, 7) is 12.8. The van der Waals surface area contributed by atoms with Crippen LogP contribution < -0.4 is 10.7 Å². The molecule has 374 valence electrons. The third-order valence-corrected chi connectivity index (χ3v) is 14.0. The van der Waals surface area contributed by atoms with Crippen molar-refractivity contribution in [3.63, 3.8) is 0 Å². The van der Waals surface area contributed by atoms with E-state index in [1.54, 1.807) is 44.2 Å². The summed E-state index contributed by atoms with van der Waals surface area (Å²) in [5, 5.41) is 27.8. The summed E-state index contributed by atoms with van der Waals surface area (Å²) in [5.74, 6) is -1.82. The van der Waals surface area contributed by atoms with Crippen LogP contribution in [0.2, 0.25) is 0 Å². The van der Waals surface area contributed by atoms with Crippen LogP contribution in [0.1, 0.15) is 77.0 Å². The minimum Gasteiger partial charge on any atom is -0.508 e. The van der Waals surface area contributed by atoms with E-state index >= 15 is 0 Å². The Hall–Kier alpha value is -6.21. The molecule has 4 aromatic rings. The summed E-state index contributed by atoms with van der Waals surface area (Å²) in [5.41, 5.74) is 10.2. The Bertz CT molecular complexity index is 2690. The van der Waals surface area contributed by atoms with Crippen molar-refractivity contribution in [3.05, 3.63) is 87.7 Å². The van der Waals surface area contributed by atoms with Crippen LogP contribution in [0, 0.1) is 10.3 Å². The van der Waals surface area contributed by atoms with Crippen LogP contribution in [0.4, 0.5) is 0 Å². The third kappa shape index (κ3) is 10.7. The molecule has 4 aliphatic rings. The van der Waals surface area contributed by atoms with Crippen molar-refractivity contribution in [2.75, 3.05) is 60.0 Å². The number of aliphatic hydroxyl groups excluding tert-OH is 1. The number of nitroso groups, excluding NO2 is 1. The number of likely N-dealkylation sites (N-methyl/N-ethyl adjacent to an activating group) is 1. The van der Waals surface area contributed by atoms with Gasteiger partial charge in [0.2, 0.25) is 5.91 Å². The predicted octanol–water partition coefficient (Wildman–Crippen LogP) is 4.48. The van der Waals surface area contributed by atoms with E-state index in [1.165, 1.54) is 17.1 Å². The molecular formula is C52H68N9O9+. The lowest BCUT2D eigenvalue weighted by molar-refractivity contribution is -0.716. The number of phenolic OH excluding ortho intramolecular Hbond substituents is 1. The molecule has 2 aromatic heterocycles. The number of aromatic hydroxyl groups is 1. The fraction of sp³-hybridized carbons (Fsp3) is 0.519. The molecule has 3 saturated heterocycles. The number of allylic oxidation sites excluding steroid dienone is 1. The Kier molecular flexibility index (Phi) is 15.1. The monoisotopic (exact) mass is 963 g/mol. The highest BCUT2D eigenvalue weighted by Gasteiger charge is 2.43. The van der Waals surface area contributed by atoms with E-state index < -0.39 is 47.4 Å². The smallest absolute Gasteiger partial charge is 0.324 e. The molecule has 8 rings (SSSR count). The second kappa shape index (κ2) is 21.0. The number of pyridine rings is 1. The number of benzene rings is 2. The number of ether oxygens (including phenoxy) is 2. The quantitative estimate of drug-likeness (QED) is 0.0711. The first-order valence-electron chi connectivity index (χ1n) is 24.5. The number of hydrogen-bond donors (Lipinski definition) is 4. The Labute approximate surface area is 409 Å². The standard InChI is InChI=1S/C52H67N9O9/c1-8-59-45-12-11-34-24-40(45)41(48(59)42-26-53-16-13-35(42)30-69-7)25-52(4,5)31-70-51(67)43-10-9-17-60(55-43)50(66)44(22-33-20-36(34)23-39(63)21-33)54-49(65)47(32(2)3)56(6)61(68)37-14-19-58(27-37)46(64)29-57-18-15-38(62)28-57/h11-13,16,20-21,23-24,26,37-38,43-44,55,62H,8-10,14-15,17-19,22,25,27-31H2,1-7H3,(H-,54,63,65)/p+1/t37-,38-,43-,44-/m0/s1. The molecule has 3 amide bonds. The number of carbonyl (C=O) groups excluding carboxylic acids is 4. The molecule has 3 fully saturated rings. The van der Waals surface area contributed by atoms with Crippen LogP contribution in [0.15, 0.2) is 66.1 Å². The van der Waals surface area contributed by atoms with E-state index in [-0.39, 0.29) is 50.0 Å². The average Bonchev–Trinajstić information content (AvgIpc) is 4.07. The number of hydrogen-bond acceptors (Lipinski definition) is 12. The Morgan fingerprint density at radius 2 is 1.84 bits per heavy atom. The summed E-state index contributed by atoms with van der Waals surface area (Å²) < 4.78 is 14.0. The molecule has 4 N–H and O–H groups in total. The topological polar surface area (TPSA) is 202 Å². The highest BCUT2D eigenvalue weighted by Crippen LogP contribution is 2.41. The molecule has 0 unspecified atom stereocenters. The molecule has 70 heavy (non-hydrogen) atoms. The molecule has 18 nitrogen and oxygen atoms in total. The first-order chi connectivity index (χ1) is 33.4. The van der Waals surface area contributed by atoms with Crippen molar-refractivity contribution >= 4 is 34.6 Å². The lowest BCUT2D eigenvalue weighted by Crippen LogP contribution is -2.61. The number of esters is 1. The maximum atomic E-state index is 14.8. The molecule has 0 aliphatic carbocycles. The van der Waals surface area contributed by atoms with Gasteiger partial charge in [0.25, 0.3) is 17.9 Å². The number of aromatic nitrogens is 2. The maximum Gasteiger partial charge on any atom is 0.324 e. The van der Waals surface area contributed by atoms with E-state index in [0.29, 0.717) is 81.6 Å².